The van der Waals surface area contributed by atoms with E-state index in [1.165, 1.54) is 19.1 Å². The monoisotopic (exact) mass is 289 g/mol. The van der Waals surface area contributed by atoms with E-state index in [0.29, 0.717) is 0 Å². The van der Waals surface area contributed by atoms with Gasteiger partial charge in [-0.1, -0.05) is 13.8 Å². The van der Waals surface area contributed by atoms with Crippen molar-refractivity contribution in [2.45, 2.75) is 52.7 Å². The van der Waals surface area contributed by atoms with E-state index < -0.39 is 23.2 Å². The molecule has 0 bridgehead atoms. The van der Waals surface area contributed by atoms with Gasteiger partial charge in [0.2, 0.25) is 0 Å². The molecule has 0 aliphatic rings. The summed E-state index contributed by atoms with van der Waals surface area (Å²) in [5.74, 6) is -0.673. The Morgan fingerprint density at radius 3 is 1.90 bits per heavy atom. The van der Waals surface area contributed by atoms with Crippen molar-refractivity contribution in [3.8, 4) is 0 Å². The number of hydrogen-bond donors (Lipinski definition) is 0. The second-order valence-electron chi connectivity index (χ2n) is 6.12. The zero-order chi connectivity index (χ0) is 16.1. The van der Waals surface area contributed by atoms with Crippen molar-refractivity contribution >= 4 is 12.1 Å². The molecule has 0 aliphatic heterocycles. The summed E-state index contributed by atoms with van der Waals surface area (Å²) >= 11 is 0. The zero-order valence-corrected chi connectivity index (χ0v) is 13.8. The summed E-state index contributed by atoms with van der Waals surface area (Å²) in [4.78, 5) is 25.7. The first-order valence-electron chi connectivity index (χ1n) is 6.58. The minimum Gasteiger partial charge on any atom is -0.467 e. The Kier molecular flexibility index (Phi) is 6.47. The van der Waals surface area contributed by atoms with Crippen LogP contribution in [0.25, 0.3) is 0 Å². The van der Waals surface area contributed by atoms with Crippen molar-refractivity contribution in [3.63, 3.8) is 0 Å². The highest BCUT2D eigenvalue weighted by molar-refractivity contribution is 5.85. The molecule has 0 radical (unpaired) electrons. The van der Waals surface area contributed by atoms with E-state index in [-0.39, 0.29) is 12.6 Å². The van der Waals surface area contributed by atoms with Gasteiger partial charge in [-0.15, -0.1) is 0 Å². The molecule has 0 aromatic rings. The van der Waals surface area contributed by atoms with E-state index in [1.54, 1.807) is 27.7 Å². The van der Waals surface area contributed by atoms with Crippen LogP contribution in [0, 0.1) is 5.92 Å². The van der Waals surface area contributed by atoms with Crippen LogP contribution in [0.15, 0.2) is 0 Å². The maximum atomic E-state index is 12.3. The van der Waals surface area contributed by atoms with E-state index in [9.17, 15) is 9.59 Å². The summed E-state index contributed by atoms with van der Waals surface area (Å²) in [5.41, 5.74) is -1.82. The number of carbonyl (C=O) groups excluding carboxylic acids is 2. The molecular formula is C14H27NO5. The van der Waals surface area contributed by atoms with E-state index >= 15 is 0 Å². The van der Waals surface area contributed by atoms with Crippen LogP contribution >= 0.6 is 0 Å². The fraction of sp³-hybridized carbons (Fsp3) is 0.857. The minimum atomic E-state index is -1.16. The van der Waals surface area contributed by atoms with Crippen LogP contribution in [0.4, 0.5) is 4.79 Å². The van der Waals surface area contributed by atoms with Crippen molar-refractivity contribution in [3.05, 3.63) is 0 Å². The van der Waals surface area contributed by atoms with E-state index in [1.807, 2.05) is 13.8 Å². The molecule has 0 unspecified atom stereocenters. The topological polar surface area (TPSA) is 65.1 Å². The van der Waals surface area contributed by atoms with Crippen LogP contribution in [0.3, 0.4) is 0 Å². The summed E-state index contributed by atoms with van der Waals surface area (Å²) in [6.07, 6.45) is -0.610. The molecule has 0 fully saturated rings. The predicted molar refractivity (Wildman–Crippen MR) is 75.2 cm³/mol. The summed E-state index contributed by atoms with van der Waals surface area (Å²) in [6.45, 7) is 10.6. The third kappa shape index (κ3) is 4.37. The lowest BCUT2D eigenvalue weighted by Crippen LogP contribution is -2.60. The Labute approximate surface area is 121 Å². The van der Waals surface area contributed by atoms with Gasteiger partial charge in [0.25, 0.3) is 0 Å². The van der Waals surface area contributed by atoms with Crippen molar-refractivity contribution in [1.82, 2.24) is 4.90 Å². The number of ether oxygens (including phenoxy) is 3. The van der Waals surface area contributed by atoms with Gasteiger partial charge in [-0.05, 0) is 33.6 Å². The molecule has 118 valence electrons. The second-order valence-corrected chi connectivity index (χ2v) is 6.12. The highest BCUT2D eigenvalue weighted by atomic mass is 16.6. The lowest BCUT2D eigenvalue weighted by atomic mass is 9.87. The lowest BCUT2D eigenvalue weighted by molar-refractivity contribution is -0.160. The number of esters is 1. The summed E-state index contributed by atoms with van der Waals surface area (Å²) in [5, 5.41) is 0. The van der Waals surface area contributed by atoms with Gasteiger partial charge in [-0.2, -0.15) is 0 Å². The number of amides is 1. The number of nitrogens with zero attached hydrogens (tertiary/aromatic N) is 1. The maximum Gasteiger partial charge on any atom is 0.413 e. The van der Waals surface area contributed by atoms with Gasteiger partial charge < -0.3 is 14.2 Å². The van der Waals surface area contributed by atoms with Crippen LogP contribution in [0.1, 0.15) is 41.5 Å². The fourth-order valence-corrected chi connectivity index (χ4v) is 1.69. The second kappa shape index (κ2) is 6.92. The van der Waals surface area contributed by atoms with Crippen LogP contribution in [-0.4, -0.2) is 49.1 Å². The number of hydrogen-bond acceptors (Lipinski definition) is 5. The average molecular weight is 289 g/mol. The highest BCUT2D eigenvalue weighted by Gasteiger charge is 2.47. The Morgan fingerprint density at radius 2 is 1.60 bits per heavy atom. The molecule has 20 heavy (non-hydrogen) atoms. The molecule has 0 spiro atoms. The quantitative estimate of drug-likeness (QED) is 0.574. The molecule has 6 heteroatoms. The first kappa shape index (κ1) is 18.7. The molecule has 6 nitrogen and oxygen atoms in total. The van der Waals surface area contributed by atoms with E-state index in [2.05, 4.69) is 0 Å². The Balaban J connectivity index is 5.50. The summed E-state index contributed by atoms with van der Waals surface area (Å²) < 4.78 is 15.2. The van der Waals surface area contributed by atoms with Gasteiger partial charge >= 0.3 is 12.1 Å². The van der Waals surface area contributed by atoms with Crippen LogP contribution in [0.2, 0.25) is 0 Å². The van der Waals surface area contributed by atoms with Gasteiger partial charge in [-0.25, -0.2) is 9.59 Å². The van der Waals surface area contributed by atoms with Gasteiger partial charge in [0.1, 0.15) is 17.9 Å². The van der Waals surface area contributed by atoms with Crippen molar-refractivity contribution in [1.29, 1.82) is 0 Å². The average Bonchev–Trinajstić information content (AvgIpc) is 2.31. The molecule has 1 atom stereocenters. The van der Waals surface area contributed by atoms with Gasteiger partial charge in [0, 0.05) is 7.11 Å². The number of carbonyl (C=O) groups is 2. The summed E-state index contributed by atoms with van der Waals surface area (Å²) in [7, 11) is 2.75. The third-order valence-corrected chi connectivity index (χ3v) is 3.16. The highest BCUT2D eigenvalue weighted by Crippen LogP contribution is 2.28. The van der Waals surface area contributed by atoms with Crippen LogP contribution in [-0.2, 0) is 19.0 Å². The SMILES string of the molecule is COCN(C(=O)OC(C)(C)C)[C@](C)(C(=O)OC)C(C)C. The molecular weight excluding hydrogens is 262 g/mol. The standard InChI is InChI=1S/C14H27NO5/c1-10(2)14(6,11(16)19-8)15(9-18-7)12(17)20-13(3,4)5/h10H,9H2,1-8H3/t14-/m0/s1. The van der Waals surface area contributed by atoms with Crippen LogP contribution < -0.4 is 0 Å². The fourth-order valence-electron chi connectivity index (χ4n) is 1.69. The first-order chi connectivity index (χ1) is 9.00. The van der Waals surface area contributed by atoms with Crippen LogP contribution in [0.5, 0.6) is 0 Å². The third-order valence-electron chi connectivity index (χ3n) is 3.16. The Hall–Kier alpha value is -1.30. The van der Waals surface area contributed by atoms with E-state index in [4.69, 9.17) is 14.2 Å². The largest absolute Gasteiger partial charge is 0.467 e. The smallest absolute Gasteiger partial charge is 0.413 e. The molecule has 0 saturated heterocycles. The number of methoxy groups -OCH3 is 2. The van der Waals surface area contributed by atoms with Crippen molar-refractivity contribution in [2.24, 2.45) is 5.92 Å². The molecule has 1 amide bonds. The Morgan fingerprint density at radius 1 is 1.10 bits per heavy atom. The van der Waals surface area contributed by atoms with Gasteiger partial charge in [0.05, 0.1) is 7.11 Å². The van der Waals surface area contributed by atoms with Crippen molar-refractivity contribution in [2.75, 3.05) is 21.0 Å². The predicted octanol–water partition coefficient (Wildman–Crippen LogP) is 2.42. The lowest BCUT2D eigenvalue weighted by Gasteiger charge is -2.41. The molecule has 0 aliphatic carbocycles. The van der Waals surface area contributed by atoms with Gasteiger partial charge in [-0.3, -0.25) is 4.90 Å². The Bertz CT molecular complexity index is 348. The van der Waals surface area contributed by atoms with E-state index in [0.717, 1.165) is 0 Å². The molecule has 0 aromatic carbocycles. The minimum absolute atomic E-state index is 0.0569. The normalized spacial score (nSPS) is 14.7. The number of rotatable bonds is 5. The zero-order valence-electron chi connectivity index (χ0n) is 13.8. The molecule has 0 heterocycles. The maximum absolute atomic E-state index is 12.3. The molecule has 0 N–H and O–H groups in total. The van der Waals surface area contributed by atoms with Crippen molar-refractivity contribution < 1.29 is 23.8 Å². The molecule has 0 aromatic heterocycles. The molecule has 0 saturated carbocycles. The molecule has 0 rings (SSSR count). The summed E-state index contributed by atoms with van der Waals surface area (Å²) in [6, 6.07) is 0. The van der Waals surface area contributed by atoms with Gasteiger partial charge in [0.15, 0.2) is 0 Å². The first-order valence-corrected chi connectivity index (χ1v) is 6.58.